The molecule has 1 aromatic heterocycles. The van der Waals surface area contributed by atoms with Crippen LogP contribution < -0.4 is 15.5 Å². The summed E-state index contributed by atoms with van der Waals surface area (Å²) in [5.41, 5.74) is 0.334. The van der Waals surface area contributed by atoms with Crippen LogP contribution in [0.25, 0.3) is 11.0 Å². The molecule has 24 heavy (non-hydrogen) atoms. The van der Waals surface area contributed by atoms with Crippen LogP contribution in [0.4, 0.5) is 4.79 Å². The van der Waals surface area contributed by atoms with Crippen LogP contribution in [-0.2, 0) is 9.31 Å². The standard InChI is InChI=1S/C16H19BClNO5/c1-15(2)16(3,4)24-17(23-15)10-6-9-7-12(22-14(20)19-5)21-13(9)11(18)8-10/h6-8H,1-5H3,(H,19,20). The molecule has 1 N–H and O–H groups in total. The summed E-state index contributed by atoms with van der Waals surface area (Å²) in [4.78, 5) is 11.3. The lowest BCUT2D eigenvalue weighted by Crippen LogP contribution is -2.41. The fourth-order valence-corrected chi connectivity index (χ4v) is 2.69. The first kappa shape index (κ1) is 17.1. The van der Waals surface area contributed by atoms with Gasteiger partial charge in [-0.3, -0.25) is 0 Å². The van der Waals surface area contributed by atoms with E-state index in [2.05, 4.69) is 5.32 Å². The number of benzene rings is 1. The molecule has 0 aliphatic carbocycles. The van der Waals surface area contributed by atoms with E-state index < -0.39 is 24.4 Å². The first-order valence-electron chi connectivity index (χ1n) is 7.61. The molecule has 0 spiro atoms. The number of hydrogen-bond donors (Lipinski definition) is 1. The lowest BCUT2D eigenvalue weighted by atomic mass is 9.78. The van der Waals surface area contributed by atoms with Gasteiger partial charge in [-0.1, -0.05) is 17.7 Å². The third-order valence-electron chi connectivity index (χ3n) is 4.49. The molecule has 0 unspecified atom stereocenters. The minimum Gasteiger partial charge on any atom is -0.424 e. The fraction of sp³-hybridized carbons (Fsp3) is 0.438. The Balaban J connectivity index is 1.95. The van der Waals surface area contributed by atoms with E-state index in [9.17, 15) is 4.79 Å². The van der Waals surface area contributed by atoms with Gasteiger partial charge in [0.25, 0.3) is 5.95 Å². The second-order valence-electron chi connectivity index (χ2n) is 6.71. The molecule has 0 atom stereocenters. The summed E-state index contributed by atoms with van der Waals surface area (Å²) in [7, 11) is 0.934. The van der Waals surface area contributed by atoms with Crippen LogP contribution in [0.5, 0.6) is 5.95 Å². The fourth-order valence-electron chi connectivity index (χ4n) is 2.42. The van der Waals surface area contributed by atoms with Crippen molar-refractivity contribution in [3.05, 3.63) is 23.2 Å². The second-order valence-corrected chi connectivity index (χ2v) is 7.12. The zero-order valence-electron chi connectivity index (χ0n) is 14.2. The van der Waals surface area contributed by atoms with Crippen molar-refractivity contribution in [2.24, 2.45) is 0 Å². The molecule has 2 heterocycles. The highest BCUT2D eigenvalue weighted by Gasteiger charge is 2.51. The number of nitrogens with one attached hydrogen (secondary N) is 1. The zero-order valence-corrected chi connectivity index (χ0v) is 15.0. The van der Waals surface area contributed by atoms with Gasteiger partial charge in [-0.15, -0.1) is 0 Å². The van der Waals surface area contributed by atoms with Gasteiger partial charge in [0.15, 0.2) is 5.58 Å². The van der Waals surface area contributed by atoms with Gasteiger partial charge in [-0.05, 0) is 39.2 Å². The van der Waals surface area contributed by atoms with Gasteiger partial charge in [0.2, 0.25) is 0 Å². The third-order valence-corrected chi connectivity index (χ3v) is 4.77. The molecule has 1 amide bonds. The summed E-state index contributed by atoms with van der Waals surface area (Å²) in [5.74, 6) is 0.0670. The minimum absolute atomic E-state index is 0.0670. The van der Waals surface area contributed by atoms with Crippen LogP contribution in [0.1, 0.15) is 27.7 Å². The van der Waals surface area contributed by atoms with Crippen LogP contribution in [0.3, 0.4) is 0 Å². The molecular weight excluding hydrogens is 332 g/mol. The molecule has 0 radical (unpaired) electrons. The number of carbonyl (C=O) groups excluding carboxylic acids is 1. The minimum atomic E-state index is -0.614. The predicted molar refractivity (Wildman–Crippen MR) is 92.0 cm³/mol. The zero-order chi connectivity index (χ0) is 17.7. The molecule has 6 nitrogen and oxygen atoms in total. The lowest BCUT2D eigenvalue weighted by Gasteiger charge is -2.32. The highest BCUT2D eigenvalue weighted by Crippen LogP contribution is 2.37. The number of halogens is 1. The van der Waals surface area contributed by atoms with Crippen molar-refractivity contribution in [3.63, 3.8) is 0 Å². The largest absolute Gasteiger partial charge is 0.494 e. The number of hydrogen-bond acceptors (Lipinski definition) is 5. The second kappa shape index (κ2) is 5.69. The van der Waals surface area contributed by atoms with Crippen LogP contribution in [0.15, 0.2) is 22.6 Å². The quantitative estimate of drug-likeness (QED) is 0.842. The Hall–Kier alpha value is -1.70. The topological polar surface area (TPSA) is 69.9 Å². The summed E-state index contributed by atoms with van der Waals surface area (Å²) in [5, 5.41) is 3.45. The van der Waals surface area contributed by atoms with Crippen molar-refractivity contribution in [2.75, 3.05) is 7.05 Å². The molecule has 0 bridgehead atoms. The molecule has 1 aromatic carbocycles. The molecule has 1 aliphatic heterocycles. The molecule has 3 rings (SSSR count). The molecular formula is C16H19BClNO5. The average molecular weight is 352 g/mol. The van der Waals surface area contributed by atoms with E-state index in [0.717, 1.165) is 5.46 Å². The van der Waals surface area contributed by atoms with Gasteiger partial charge in [-0.2, -0.15) is 0 Å². The predicted octanol–water partition coefficient (Wildman–Crippen LogP) is 3.10. The summed E-state index contributed by atoms with van der Waals surface area (Å²) < 4.78 is 22.5. The van der Waals surface area contributed by atoms with E-state index in [4.69, 9.17) is 30.1 Å². The maximum absolute atomic E-state index is 11.3. The van der Waals surface area contributed by atoms with Gasteiger partial charge in [0.1, 0.15) is 0 Å². The Morgan fingerprint density at radius 3 is 2.38 bits per heavy atom. The maximum Gasteiger partial charge on any atom is 0.494 e. The van der Waals surface area contributed by atoms with Crippen LogP contribution in [-0.4, -0.2) is 31.5 Å². The van der Waals surface area contributed by atoms with Crippen molar-refractivity contribution in [1.82, 2.24) is 5.32 Å². The highest BCUT2D eigenvalue weighted by atomic mass is 35.5. The Morgan fingerprint density at radius 2 is 1.79 bits per heavy atom. The SMILES string of the molecule is CNC(=O)Oc1cc2cc(B3OC(C)(C)C(C)(C)O3)cc(Cl)c2o1. The van der Waals surface area contributed by atoms with Gasteiger partial charge in [-0.25, -0.2) is 4.79 Å². The molecule has 1 aliphatic rings. The van der Waals surface area contributed by atoms with Crippen molar-refractivity contribution in [3.8, 4) is 5.95 Å². The van der Waals surface area contributed by atoms with E-state index in [1.165, 1.54) is 7.05 Å². The molecule has 0 saturated carbocycles. The van der Waals surface area contributed by atoms with Crippen LogP contribution in [0.2, 0.25) is 5.02 Å². The van der Waals surface area contributed by atoms with E-state index in [1.807, 2.05) is 33.8 Å². The molecule has 1 fully saturated rings. The Bertz CT molecular complexity index is 785. The number of furan rings is 1. The molecule has 2 aromatic rings. The summed E-state index contributed by atoms with van der Waals surface area (Å²) in [6, 6.07) is 5.19. The van der Waals surface area contributed by atoms with E-state index in [1.54, 1.807) is 12.1 Å². The first-order valence-corrected chi connectivity index (χ1v) is 7.99. The van der Waals surface area contributed by atoms with Gasteiger partial charge >= 0.3 is 13.2 Å². The van der Waals surface area contributed by atoms with Crippen molar-refractivity contribution in [1.29, 1.82) is 0 Å². The van der Waals surface area contributed by atoms with Gasteiger partial charge < -0.3 is 23.8 Å². The number of ether oxygens (including phenoxy) is 1. The van der Waals surface area contributed by atoms with Crippen LogP contribution >= 0.6 is 11.6 Å². The smallest absolute Gasteiger partial charge is 0.424 e. The van der Waals surface area contributed by atoms with E-state index in [0.29, 0.717) is 16.0 Å². The summed E-state index contributed by atoms with van der Waals surface area (Å²) >= 11 is 6.31. The molecule has 8 heteroatoms. The third kappa shape index (κ3) is 2.87. The number of amides is 1. The van der Waals surface area contributed by atoms with Gasteiger partial charge in [0.05, 0.1) is 16.2 Å². The summed E-state index contributed by atoms with van der Waals surface area (Å²) in [6.45, 7) is 7.95. The summed E-state index contributed by atoms with van der Waals surface area (Å²) in [6.07, 6.45) is -0.614. The lowest BCUT2D eigenvalue weighted by molar-refractivity contribution is 0.00578. The highest BCUT2D eigenvalue weighted by molar-refractivity contribution is 6.63. The molecule has 1 saturated heterocycles. The Labute approximate surface area is 145 Å². The Morgan fingerprint density at radius 1 is 1.17 bits per heavy atom. The van der Waals surface area contributed by atoms with Crippen LogP contribution in [0, 0.1) is 0 Å². The first-order chi connectivity index (χ1) is 11.1. The van der Waals surface area contributed by atoms with E-state index in [-0.39, 0.29) is 5.95 Å². The average Bonchev–Trinajstić information content (AvgIpc) is 2.97. The van der Waals surface area contributed by atoms with E-state index >= 15 is 0 Å². The number of carbonyl (C=O) groups is 1. The Kier molecular flexibility index (Phi) is 4.06. The van der Waals surface area contributed by atoms with Crippen molar-refractivity contribution < 1.29 is 23.3 Å². The van der Waals surface area contributed by atoms with Gasteiger partial charge in [0, 0.05) is 18.5 Å². The number of fused-ring (bicyclic) bond motifs is 1. The van der Waals surface area contributed by atoms with Crippen molar-refractivity contribution >= 4 is 41.2 Å². The normalized spacial score (nSPS) is 18.8. The monoisotopic (exact) mass is 351 g/mol. The molecule has 128 valence electrons. The number of rotatable bonds is 2. The maximum atomic E-state index is 11.3. The van der Waals surface area contributed by atoms with Crippen molar-refractivity contribution in [2.45, 2.75) is 38.9 Å².